The number of carbonyl (C=O) groups is 1. The van der Waals surface area contributed by atoms with Gasteiger partial charge in [0.2, 0.25) is 5.91 Å². The second-order valence-electron chi connectivity index (χ2n) is 2.11. The normalized spacial score (nSPS) is 8.90. The molecule has 0 unspecified atom stereocenters. The minimum absolute atomic E-state index is 0.233. The van der Waals surface area contributed by atoms with E-state index in [9.17, 15) is 9.59 Å². The maximum Gasteiger partial charge on any atom is 0.316 e. The Morgan fingerprint density at radius 1 is 1.50 bits per heavy atom. The van der Waals surface area contributed by atoms with E-state index in [1.54, 1.807) is 0 Å². The van der Waals surface area contributed by atoms with E-state index >= 15 is 0 Å². The molecular formula is C7H12NO2. The molecule has 1 N–H and O–H groups in total. The zero-order chi connectivity index (χ0) is 7.82. The van der Waals surface area contributed by atoms with Gasteiger partial charge in [0.25, 0.3) is 0 Å². The van der Waals surface area contributed by atoms with Crippen molar-refractivity contribution in [2.75, 3.05) is 0 Å². The molecule has 0 atom stereocenters. The lowest BCUT2D eigenvalue weighted by atomic mass is 10.2. The summed E-state index contributed by atoms with van der Waals surface area (Å²) in [6, 6.07) is 0. The van der Waals surface area contributed by atoms with Crippen molar-refractivity contribution in [3.63, 3.8) is 0 Å². The van der Waals surface area contributed by atoms with Crippen molar-refractivity contribution in [3.8, 4) is 0 Å². The van der Waals surface area contributed by atoms with E-state index in [2.05, 4.69) is 6.92 Å². The highest BCUT2D eigenvalue weighted by atomic mass is 16.2. The number of rotatable bonds is 5. The molecule has 3 nitrogen and oxygen atoms in total. The number of hydrogen-bond donors (Lipinski definition) is 1. The Bertz CT molecular complexity index is 112. The molecule has 10 heavy (non-hydrogen) atoms. The van der Waals surface area contributed by atoms with E-state index in [1.165, 1.54) is 6.41 Å². The number of nitrogens with one attached hydrogen (secondary N) is 1. The number of hydrogen-bond acceptors (Lipinski definition) is 2. The molecule has 0 aliphatic rings. The Hall–Kier alpha value is -0.860. The molecule has 0 aliphatic heterocycles. The van der Waals surface area contributed by atoms with E-state index in [0.717, 1.165) is 19.3 Å². The fourth-order valence-electron chi connectivity index (χ4n) is 0.655. The Morgan fingerprint density at radius 3 is 2.70 bits per heavy atom. The summed E-state index contributed by atoms with van der Waals surface area (Å²) >= 11 is 0. The summed E-state index contributed by atoms with van der Waals surface area (Å²) < 4.78 is 0. The molecule has 0 bridgehead atoms. The fraction of sp³-hybridized carbons (Fsp3) is 0.714. The van der Waals surface area contributed by atoms with E-state index in [4.69, 9.17) is 0 Å². The van der Waals surface area contributed by atoms with E-state index in [1.807, 2.05) is 5.32 Å². The molecule has 0 saturated carbocycles. The first-order chi connectivity index (χ1) is 4.81. The fourth-order valence-corrected chi connectivity index (χ4v) is 0.655. The van der Waals surface area contributed by atoms with Crippen LogP contribution in [0.25, 0.3) is 0 Å². The van der Waals surface area contributed by atoms with Crippen LogP contribution in [0.4, 0.5) is 0 Å². The molecule has 0 aromatic rings. The molecule has 0 aromatic heterocycles. The Kier molecular flexibility index (Phi) is 5.72. The third-order valence-electron chi connectivity index (χ3n) is 1.20. The minimum Gasteiger partial charge on any atom is -0.288 e. The predicted octanol–water partition coefficient (Wildman–Crippen LogP) is 0.750. The molecular weight excluding hydrogens is 130 g/mol. The van der Waals surface area contributed by atoms with Crippen molar-refractivity contribution in [2.24, 2.45) is 0 Å². The van der Waals surface area contributed by atoms with Crippen LogP contribution < -0.4 is 5.32 Å². The lowest BCUT2D eigenvalue weighted by molar-refractivity contribution is -0.119. The Morgan fingerprint density at radius 2 is 2.20 bits per heavy atom. The topological polar surface area (TPSA) is 46.2 Å². The van der Waals surface area contributed by atoms with Gasteiger partial charge in [0, 0.05) is 6.42 Å². The van der Waals surface area contributed by atoms with Gasteiger partial charge >= 0.3 is 6.41 Å². The SMILES string of the molecule is CCCCCC(=O)N[C]=O. The van der Waals surface area contributed by atoms with Crippen LogP contribution in [0, 0.1) is 0 Å². The highest BCUT2D eigenvalue weighted by molar-refractivity contribution is 5.85. The summed E-state index contributed by atoms with van der Waals surface area (Å²) in [4.78, 5) is 20.1. The van der Waals surface area contributed by atoms with Crippen molar-refractivity contribution >= 4 is 12.3 Å². The number of unbranched alkanes of at least 4 members (excludes halogenated alkanes) is 2. The number of imide groups is 1. The van der Waals surface area contributed by atoms with Gasteiger partial charge in [-0.1, -0.05) is 19.8 Å². The summed E-state index contributed by atoms with van der Waals surface area (Å²) in [5.41, 5.74) is 0. The van der Waals surface area contributed by atoms with Gasteiger partial charge in [-0.3, -0.25) is 14.9 Å². The first-order valence-corrected chi connectivity index (χ1v) is 3.47. The lowest BCUT2D eigenvalue weighted by Crippen LogP contribution is -2.20. The first-order valence-electron chi connectivity index (χ1n) is 3.47. The maximum atomic E-state index is 10.5. The molecule has 0 heterocycles. The van der Waals surface area contributed by atoms with Gasteiger partial charge in [-0.05, 0) is 6.42 Å². The maximum absolute atomic E-state index is 10.5. The van der Waals surface area contributed by atoms with Gasteiger partial charge in [-0.25, -0.2) is 0 Å². The van der Waals surface area contributed by atoms with Crippen LogP contribution in [0.1, 0.15) is 32.6 Å². The third-order valence-corrected chi connectivity index (χ3v) is 1.20. The Labute approximate surface area is 60.8 Å². The molecule has 1 radical (unpaired) electrons. The van der Waals surface area contributed by atoms with E-state index < -0.39 is 0 Å². The van der Waals surface area contributed by atoms with Crippen LogP contribution in [-0.4, -0.2) is 12.3 Å². The van der Waals surface area contributed by atoms with Crippen molar-refractivity contribution in [2.45, 2.75) is 32.6 Å². The van der Waals surface area contributed by atoms with Gasteiger partial charge < -0.3 is 0 Å². The highest BCUT2D eigenvalue weighted by Gasteiger charge is 1.97. The average molecular weight is 142 g/mol. The van der Waals surface area contributed by atoms with Crippen molar-refractivity contribution in [1.82, 2.24) is 5.32 Å². The van der Waals surface area contributed by atoms with Crippen molar-refractivity contribution in [3.05, 3.63) is 0 Å². The number of carbonyl (C=O) groups excluding carboxylic acids is 2. The van der Waals surface area contributed by atoms with Crippen LogP contribution in [-0.2, 0) is 9.59 Å². The van der Waals surface area contributed by atoms with Gasteiger partial charge in [0.1, 0.15) is 0 Å². The molecule has 0 aromatic carbocycles. The third kappa shape index (κ3) is 5.28. The molecule has 0 fully saturated rings. The monoisotopic (exact) mass is 142 g/mol. The zero-order valence-corrected chi connectivity index (χ0v) is 6.14. The van der Waals surface area contributed by atoms with Crippen molar-refractivity contribution in [1.29, 1.82) is 0 Å². The highest BCUT2D eigenvalue weighted by Crippen LogP contribution is 1.97. The second kappa shape index (κ2) is 6.26. The van der Waals surface area contributed by atoms with E-state index in [-0.39, 0.29) is 5.91 Å². The van der Waals surface area contributed by atoms with Gasteiger partial charge in [0.05, 0.1) is 0 Å². The summed E-state index contributed by atoms with van der Waals surface area (Å²) in [5, 5.41) is 1.96. The molecule has 3 heteroatoms. The second-order valence-corrected chi connectivity index (χ2v) is 2.11. The smallest absolute Gasteiger partial charge is 0.288 e. The Balaban J connectivity index is 3.13. The van der Waals surface area contributed by atoms with Crippen LogP contribution in [0.2, 0.25) is 0 Å². The predicted molar refractivity (Wildman–Crippen MR) is 38.0 cm³/mol. The summed E-state index contributed by atoms with van der Waals surface area (Å²) in [6.07, 6.45) is 4.75. The van der Waals surface area contributed by atoms with E-state index in [0.29, 0.717) is 6.42 Å². The zero-order valence-electron chi connectivity index (χ0n) is 6.14. The largest absolute Gasteiger partial charge is 0.316 e. The molecule has 0 rings (SSSR count). The molecule has 57 valence electrons. The van der Waals surface area contributed by atoms with Crippen molar-refractivity contribution < 1.29 is 9.59 Å². The van der Waals surface area contributed by atoms with Gasteiger partial charge in [-0.15, -0.1) is 0 Å². The summed E-state index contributed by atoms with van der Waals surface area (Å²) in [7, 11) is 0. The molecule has 0 spiro atoms. The summed E-state index contributed by atoms with van der Waals surface area (Å²) in [6.45, 7) is 2.06. The molecule has 0 aliphatic carbocycles. The average Bonchev–Trinajstić information content (AvgIpc) is 1.89. The molecule has 2 amide bonds. The van der Waals surface area contributed by atoms with Crippen LogP contribution in [0.15, 0.2) is 0 Å². The van der Waals surface area contributed by atoms with Gasteiger partial charge in [-0.2, -0.15) is 0 Å². The van der Waals surface area contributed by atoms with Crippen LogP contribution in [0.5, 0.6) is 0 Å². The number of amides is 2. The van der Waals surface area contributed by atoms with Crippen LogP contribution >= 0.6 is 0 Å². The minimum atomic E-state index is -0.233. The van der Waals surface area contributed by atoms with Crippen LogP contribution in [0.3, 0.4) is 0 Å². The lowest BCUT2D eigenvalue weighted by Gasteiger charge is -1.94. The standard InChI is InChI=1S/C7H12NO2/c1-2-3-4-5-7(10)8-6-9/h2-5H2,1H3,(H,8,9,10). The molecule has 0 saturated heterocycles. The van der Waals surface area contributed by atoms with Gasteiger partial charge in [0.15, 0.2) is 0 Å². The first kappa shape index (κ1) is 9.14. The summed E-state index contributed by atoms with van der Waals surface area (Å²) in [5.74, 6) is -0.233. The quantitative estimate of drug-likeness (QED) is 0.454.